The van der Waals surface area contributed by atoms with Crippen molar-refractivity contribution in [3.05, 3.63) is 54.1 Å². The summed E-state index contributed by atoms with van der Waals surface area (Å²) in [6.07, 6.45) is 8.14. The molecule has 7 atom stereocenters. The molecule has 7 amide bonds. The van der Waals surface area contributed by atoms with E-state index in [0.29, 0.717) is 31.6 Å². The SMILES string of the molecule is CC(C)C[C@H](NC(=O)[C@@H]1CCCN1C(=O)CCOCCOCCNC(=O)[C@@H](N)CS)C(=O)N[C@@H](Cc1cncn1CCCCCCCc1ccccc1)C(=O)N[C@@H](CO)C(=O)N[C@H](C(N)=O)[C@@H](C)OP(=O)(O)O. The summed E-state index contributed by atoms with van der Waals surface area (Å²) in [6.45, 7) is 5.53. The van der Waals surface area contributed by atoms with E-state index in [9.17, 15) is 53.0 Å². The number of carbonyl (C=O) groups excluding carboxylic acids is 7. The number of hydrogen-bond acceptors (Lipinski definition) is 15. The number of aliphatic hydroxyl groups excluding tert-OH is 1. The van der Waals surface area contributed by atoms with Gasteiger partial charge in [0.15, 0.2) is 0 Å². The first-order valence-corrected chi connectivity index (χ1v) is 26.9. The molecule has 1 aliphatic rings. The van der Waals surface area contributed by atoms with E-state index in [2.05, 4.69) is 60.9 Å². The Morgan fingerprint density at radius 3 is 2.15 bits per heavy atom. The number of amides is 7. The average molecular weight is 1070 g/mol. The number of rotatable bonds is 36. The normalized spacial score (nSPS) is 16.2. The second kappa shape index (κ2) is 33.0. The van der Waals surface area contributed by atoms with Crippen LogP contribution in [0.5, 0.6) is 0 Å². The fraction of sp³-hybridized carbons (Fsp3) is 0.660. The van der Waals surface area contributed by atoms with Crippen LogP contribution in [0, 0.1) is 5.92 Å². The average Bonchev–Trinajstić information content (AvgIpc) is 4.02. The van der Waals surface area contributed by atoms with Gasteiger partial charge in [-0.15, -0.1) is 0 Å². The number of benzene rings is 1. The first-order valence-electron chi connectivity index (χ1n) is 24.7. The summed E-state index contributed by atoms with van der Waals surface area (Å²) in [5.41, 5.74) is 12.8. The van der Waals surface area contributed by atoms with Gasteiger partial charge in [0.2, 0.25) is 41.4 Å². The zero-order valence-corrected chi connectivity index (χ0v) is 43.8. The lowest BCUT2D eigenvalue weighted by Crippen LogP contribution is -2.61. The topological polar surface area (TPSA) is 358 Å². The molecule has 1 fully saturated rings. The summed E-state index contributed by atoms with van der Waals surface area (Å²) in [6, 6.07) is 2.48. The second-order valence-corrected chi connectivity index (χ2v) is 19.8. The summed E-state index contributed by atoms with van der Waals surface area (Å²) in [4.78, 5) is 117. The fourth-order valence-corrected chi connectivity index (χ4v) is 8.73. The van der Waals surface area contributed by atoms with Crippen LogP contribution in [0.2, 0.25) is 0 Å². The van der Waals surface area contributed by atoms with Crippen molar-refractivity contribution in [2.75, 3.05) is 51.9 Å². The number of nitrogens with zero attached hydrogens (tertiary/aromatic N) is 3. The number of nitrogens with two attached hydrogens (primary N) is 2. The maximum Gasteiger partial charge on any atom is 0.469 e. The molecule has 2 heterocycles. The molecule has 12 N–H and O–H groups in total. The number of thiol groups is 1. The van der Waals surface area contributed by atoms with Gasteiger partial charge in [0.05, 0.1) is 57.9 Å². The molecule has 24 nitrogen and oxygen atoms in total. The summed E-state index contributed by atoms with van der Waals surface area (Å²) >= 11 is 3.99. The molecule has 0 aliphatic carbocycles. The lowest BCUT2D eigenvalue weighted by atomic mass is 10.0. The molecular weight excluding hydrogens is 992 g/mol. The monoisotopic (exact) mass is 1070 g/mol. The van der Waals surface area contributed by atoms with E-state index in [1.165, 1.54) is 16.7 Å². The predicted octanol–water partition coefficient (Wildman–Crippen LogP) is -0.633. The molecule has 1 aromatic carbocycles. The summed E-state index contributed by atoms with van der Waals surface area (Å²) < 4.78 is 28.8. The van der Waals surface area contributed by atoms with Crippen LogP contribution < -0.4 is 38.1 Å². The Hall–Kier alpha value is -4.98. The van der Waals surface area contributed by atoms with Gasteiger partial charge < -0.3 is 71.9 Å². The summed E-state index contributed by atoms with van der Waals surface area (Å²) in [5, 5.41) is 23.0. The zero-order valence-electron chi connectivity index (χ0n) is 42.0. The third-order valence-corrected chi connectivity index (χ3v) is 12.9. The Bertz CT molecular complexity index is 2100. The predicted molar refractivity (Wildman–Crippen MR) is 271 cm³/mol. The third kappa shape index (κ3) is 23.4. The van der Waals surface area contributed by atoms with Gasteiger partial charge >= 0.3 is 7.82 Å². The van der Waals surface area contributed by atoms with Crippen molar-refractivity contribution in [1.82, 2.24) is 41.0 Å². The number of phosphoric acid groups is 1. The van der Waals surface area contributed by atoms with Crippen LogP contribution >= 0.6 is 20.5 Å². The minimum atomic E-state index is -5.14. The second-order valence-electron chi connectivity index (χ2n) is 18.3. The molecule has 2 aromatic rings. The van der Waals surface area contributed by atoms with E-state index in [1.54, 1.807) is 6.33 Å². The van der Waals surface area contributed by atoms with E-state index >= 15 is 0 Å². The molecule has 0 saturated carbocycles. The number of hydrogen-bond donors (Lipinski definition) is 11. The molecule has 0 bridgehead atoms. The van der Waals surface area contributed by atoms with Crippen molar-refractivity contribution in [2.45, 2.75) is 140 Å². The van der Waals surface area contributed by atoms with Gasteiger partial charge in [-0.2, -0.15) is 12.6 Å². The van der Waals surface area contributed by atoms with E-state index in [-0.39, 0.29) is 75.7 Å². The van der Waals surface area contributed by atoms with Crippen molar-refractivity contribution in [3.8, 4) is 0 Å². The van der Waals surface area contributed by atoms with Gasteiger partial charge in [-0.25, -0.2) is 9.55 Å². The van der Waals surface area contributed by atoms with Gasteiger partial charge in [0.25, 0.3) is 0 Å². The van der Waals surface area contributed by atoms with Gasteiger partial charge in [-0.05, 0) is 56.9 Å². The number of unbranched alkanes of at least 4 members (excludes halogenated alkanes) is 4. The number of ether oxygens (including phenoxy) is 2. The summed E-state index contributed by atoms with van der Waals surface area (Å²) in [7, 11) is -5.14. The van der Waals surface area contributed by atoms with Gasteiger partial charge in [0, 0.05) is 43.7 Å². The smallest absolute Gasteiger partial charge is 0.394 e. The lowest BCUT2D eigenvalue weighted by Gasteiger charge is -2.29. The van der Waals surface area contributed by atoms with Crippen LogP contribution in [0.3, 0.4) is 0 Å². The van der Waals surface area contributed by atoms with Crippen LogP contribution in [-0.4, -0.2) is 165 Å². The Balaban J connectivity index is 1.70. The van der Waals surface area contributed by atoms with Crippen LogP contribution in [0.15, 0.2) is 42.9 Å². The number of imidazole rings is 1. The molecule has 0 radical (unpaired) electrons. The van der Waals surface area contributed by atoms with Crippen LogP contribution in [-0.2, 0) is 71.5 Å². The van der Waals surface area contributed by atoms with Crippen LogP contribution in [0.25, 0.3) is 0 Å². The van der Waals surface area contributed by atoms with Crippen LogP contribution in [0.4, 0.5) is 0 Å². The molecule has 1 saturated heterocycles. The Morgan fingerprint density at radius 1 is 0.849 bits per heavy atom. The number of likely N-dealkylation sites (tertiary alicyclic amines) is 1. The number of aromatic nitrogens is 2. The molecule has 26 heteroatoms. The number of nitrogens with one attached hydrogen (secondary N) is 5. The molecule has 0 unspecified atom stereocenters. The Morgan fingerprint density at radius 2 is 1.49 bits per heavy atom. The largest absolute Gasteiger partial charge is 0.469 e. The highest BCUT2D eigenvalue weighted by atomic mass is 32.1. The van der Waals surface area contributed by atoms with Gasteiger partial charge in [0.1, 0.15) is 30.2 Å². The fourth-order valence-electron chi connectivity index (χ4n) is 8.01. The number of primary amides is 1. The Labute approximate surface area is 432 Å². The number of aryl methyl sites for hydroxylation is 2. The van der Waals surface area contributed by atoms with Gasteiger partial charge in [-0.1, -0.05) is 63.4 Å². The number of phosphoric ester groups is 1. The van der Waals surface area contributed by atoms with Crippen molar-refractivity contribution in [1.29, 1.82) is 0 Å². The minimum Gasteiger partial charge on any atom is -0.394 e. The highest BCUT2D eigenvalue weighted by molar-refractivity contribution is 7.80. The molecule has 3 rings (SSSR count). The van der Waals surface area contributed by atoms with E-state index < -0.39 is 86.3 Å². The van der Waals surface area contributed by atoms with E-state index in [1.807, 2.05) is 36.6 Å². The standard InChI is InChI=1S/C47H77N10O14PS/c1-31(2)25-36(53-47(65)39-16-12-20-57(39)40(59)17-21-69-23-24-70-22-18-51-43(61)35(48)29-73)44(62)52-37(45(63)54-38(28-58)46(64)55-41(42(49)60)32(3)71-72(66,67)68)26-34-27-50-30-56(34)19-11-6-4-5-8-13-33-14-9-7-10-15-33/h7,9-10,14-15,27,30-32,35-39,41,58,73H,4-6,8,11-13,16-26,28-29,48H2,1-3H3,(H2,49,60)(H,51,61)(H,52,62)(H,53,65)(H,54,63)(H,55,64)(H2,66,67,68)/t32-,35+,36+,37+,38+,39+,41+/m1/s1. The highest BCUT2D eigenvalue weighted by Gasteiger charge is 2.38. The van der Waals surface area contributed by atoms with Crippen molar-refractivity contribution < 1.29 is 67.0 Å². The highest BCUT2D eigenvalue weighted by Crippen LogP contribution is 2.38. The van der Waals surface area contributed by atoms with E-state index in [4.69, 9.17) is 20.9 Å². The maximum absolute atomic E-state index is 14.3. The molecule has 0 spiro atoms. The van der Waals surface area contributed by atoms with Crippen molar-refractivity contribution >= 4 is 61.8 Å². The molecule has 1 aliphatic heterocycles. The summed E-state index contributed by atoms with van der Waals surface area (Å²) in [5.74, 6) is -5.24. The Kier molecular flexibility index (Phi) is 28.2. The number of carbonyl (C=O) groups is 7. The van der Waals surface area contributed by atoms with Crippen molar-refractivity contribution in [3.63, 3.8) is 0 Å². The van der Waals surface area contributed by atoms with Gasteiger partial charge in [-0.3, -0.25) is 38.1 Å². The first kappa shape index (κ1) is 62.3. The lowest BCUT2D eigenvalue weighted by molar-refractivity contribution is -0.140. The third-order valence-electron chi connectivity index (χ3n) is 11.9. The molecule has 73 heavy (non-hydrogen) atoms. The number of aliphatic hydroxyl groups is 1. The van der Waals surface area contributed by atoms with E-state index in [0.717, 1.165) is 45.4 Å². The van der Waals surface area contributed by atoms with Crippen molar-refractivity contribution in [2.24, 2.45) is 17.4 Å². The maximum atomic E-state index is 14.3. The van der Waals surface area contributed by atoms with Crippen LogP contribution in [0.1, 0.15) is 89.8 Å². The zero-order chi connectivity index (χ0) is 53.9. The first-order chi connectivity index (χ1) is 34.7. The minimum absolute atomic E-state index is 0.0181. The quantitative estimate of drug-likeness (QED) is 0.0230. The molecular formula is C47H77N10O14PS. The molecule has 1 aromatic heterocycles. The molecule has 410 valence electrons.